The van der Waals surface area contributed by atoms with Crippen LogP contribution in [0.4, 0.5) is 0 Å². The number of amides is 1. The number of nitrogens with one attached hydrogen (secondary N) is 1. The van der Waals surface area contributed by atoms with Crippen molar-refractivity contribution in [2.24, 2.45) is 0 Å². The Balaban J connectivity index is 1.58. The van der Waals surface area contributed by atoms with Gasteiger partial charge in [0.25, 0.3) is 0 Å². The van der Waals surface area contributed by atoms with Crippen molar-refractivity contribution in [2.75, 3.05) is 20.2 Å². The largest absolute Gasteiger partial charge is 0.497 e. The third kappa shape index (κ3) is 4.92. The molecule has 0 radical (unpaired) electrons. The second-order valence-corrected chi connectivity index (χ2v) is 9.30. The maximum atomic E-state index is 12.7. The molecule has 28 heavy (non-hydrogen) atoms. The number of halogens is 1. The summed E-state index contributed by atoms with van der Waals surface area (Å²) in [4.78, 5) is 14.7. The first-order chi connectivity index (χ1) is 13.4. The maximum absolute atomic E-state index is 12.7. The number of ether oxygens (including phenoxy) is 1. The van der Waals surface area contributed by atoms with E-state index in [2.05, 4.69) is 20.7 Å². The molecule has 1 amide bonds. The van der Waals surface area contributed by atoms with Gasteiger partial charge in [-0.25, -0.2) is 13.1 Å². The van der Waals surface area contributed by atoms with Crippen molar-refractivity contribution in [3.8, 4) is 5.75 Å². The normalized spacial score (nSPS) is 16.9. The number of hydrogen-bond donors (Lipinski definition) is 1. The molecule has 1 N–H and O–H groups in total. The van der Waals surface area contributed by atoms with Crippen molar-refractivity contribution < 1.29 is 17.9 Å². The van der Waals surface area contributed by atoms with E-state index in [-0.39, 0.29) is 29.8 Å². The van der Waals surface area contributed by atoms with E-state index in [1.54, 1.807) is 19.2 Å². The van der Waals surface area contributed by atoms with E-state index in [1.165, 1.54) is 12.1 Å². The molecule has 1 atom stereocenters. The maximum Gasteiger partial charge on any atom is 0.240 e. The third-order valence-corrected chi connectivity index (χ3v) is 6.83. The average molecular weight is 467 g/mol. The smallest absolute Gasteiger partial charge is 0.240 e. The highest BCUT2D eigenvalue weighted by Crippen LogP contribution is 2.33. The lowest BCUT2D eigenvalue weighted by molar-refractivity contribution is -0.131. The van der Waals surface area contributed by atoms with Crippen LogP contribution in [0.5, 0.6) is 5.75 Å². The summed E-state index contributed by atoms with van der Waals surface area (Å²) in [6.07, 6.45) is 1.97. The Kier molecular flexibility index (Phi) is 6.74. The van der Waals surface area contributed by atoms with Gasteiger partial charge in [0.1, 0.15) is 5.75 Å². The summed E-state index contributed by atoms with van der Waals surface area (Å²) < 4.78 is 33.2. The molecule has 6 nitrogen and oxygen atoms in total. The molecule has 1 heterocycles. The first-order valence-electron chi connectivity index (χ1n) is 9.09. The molecule has 8 heteroatoms. The summed E-state index contributed by atoms with van der Waals surface area (Å²) in [6.45, 7) is 0.762. The van der Waals surface area contributed by atoms with Crippen molar-refractivity contribution in [1.82, 2.24) is 9.62 Å². The SMILES string of the molecule is COc1ccc(C2CCCN2C(=O)CCNS(=O)(=O)c2ccc(Br)cc2)cc1. The number of hydrogen-bond acceptors (Lipinski definition) is 4. The van der Waals surface area contributed by atoms with Crippen LogP contribution in [0, 0.1) is 0 Å². The van der Waals surface area contributed by atoms with Gasteiger partial charge in [0.05, 0.1) is 18.0 Å². The van der Waals surface area contributed by atoms with E-state index >= 15 is 0 Å². The molecule has 150 valence electrons. The Bertz CT molecular complexity index is 914. The second-order valence-electron chi connectivity index (χ2n) is 6.62. The fourth-order valence-corrected chi connectivity index (χ4v) is 4.67. The van der Waals surface area contributed by atoms with E-state index in [9.17, 15) is 13.2 Å². The van der Waals surface area contributed by atoms with Crippen molar-refractivity contribution in [3.05, 3.63) is 58.6 Å². The Hall–Kier alpha value is -1.90. The summed E-state index contributed by atoms with van der Waals surface area (Å²) in [7, 11) is -2.00. The van der Waals surface area contributed by atoms with E-state index in [0.29, 0.717) is 6.54 Å². The van der Waals surface area contributed by atoms with Crippen LogP contribution in [-0.2, 0) is 14.8 Å². The number of nitrogens with zero attached hydrogens (tertiary/aromatic N) is 1. The quantitative estimate of drug-likeness (QED) is 0.677. The number of methoxy groups -OCH3 is 1. The molecule has 1 aliphatic heterocycles. The van der Waals surface area contributed by atoms with Crippen molar-refractivity contribution in [3.63, 3.8) is 0 Å². The number of sulfonamides is 1. The highest BCUT2D eigenvalue weighted by atomic mass is 79.9. The standard InChI is InChI=1S/C20H23BrN2O4S/c1-27-17-8-4-15(5-9-17)19-3-2-14-23(19)20(24)12-13-22-28(25,26)18-10-6-16(21)7-11-18/h4-11,19,22H,2-3,12-14H2,1H3. The van der Waals surface area contributed by atoms with E-state index < -0.39 is 10.0 Å². The van der Waals surface area contributed by atoms with Gasteiger partial charge >= 0.3 is 0 Å². The van der Waals surface area contributed by atoms with Crippen LogP contribution in [0.25, 0.3) is 0 Å². The van der Waals surface area contributed by atoms with Gasteiger partial charge in [-0.2, -0.15) is 0 Å². The lowest BCUT2D eigenvalue weighted by Gasteiger charge is -2.25. The van der Waals surface area contributed by atoms with Crippen LogP contribution < -0.4 is 9.46 Å². The zero-order valence-corrected chi connectivity index (χ0v) is 18.0. The van der Waals surface area contributed by atoms with Gasteiger partial charge in [-0.15, -0.1) is 0 Å². The molecule has 0 bridgehead atoms. The minimum absolute atomic E-state index is 0.0292. The first-order valence-corrected chi connectivity index (χ1v) is 11.4. The van der Waals surface area contributed by atoms with Crippen molar-refractivity contribution in [1.29, 1.82) is 0 Å². The van der Waals surface area contributed by atoms with Crippen molar-refractivity contribution in [2.45, 2.75) is 30.2 Å². The predicted octanol–water partition coefficient (Wildman–Crippen LogP) is 3.49. The van der Waals surface area contributed by atoms with E-state index in [0.717, 1.165) is 28.6 Å². The van der Waals surface area contributed by atoms with Gasteiger partial charge in [0.15, 0.2) is 0 Å². The molecule has 0 saturated carbocycles. The predicted molar refractivity (Wildman–Crippen MR) is 111 cm³/mol. The molecule has 1 saturated heterocycles. The Morgan fingerprint density at radius 1 is 1.18 bits per heavy atom. The van der Waals surface area contributed by atoms with E-state index in [1.807, 2.05) is 29.2 Å². The highest BCUT2D eigenvalue weighted by molar-refractivity contribution is 9.10. The van der Waals surface area contributed by atoms with Crippen LogP contribution in [0.3, 0.4) is 0 Å². The molecule has 1 fully saturated rings. The van der Waals surface area contributed by atoms with Crippen LogP contribution in [-0.4, -0.2) is 39.4 Å². The molecule has 2 aromatic carbocycles. The molecular formula is C20H23BrN2O4S. The minimum atomic E-state index is -3.63. The molecule has 1 unspecified atom stereocenters. The Morgan fingerprint density at radius 2 is 1.86 bits per heavy atom. The van der Waals surface area contributed by atoms with E-state index in [4.69, 9.17) is 4.74 Å². The monoisotopic (exact) mass is 466 g/mol. The number of benzene rings is 2. The lowest BCUT2D eigenvalue weighted by atomic mass is 10.0. The molecule has 0 spiro atoms. The average Bonchev–Trinajstić information content (AvgIpc) is 3.18. The lowest BCUT2D eigenvalue weighted by Crippen LogP contribution is -2.34. The number of carbonyl (C=O) groups excluding carboxylic acids is 1. The third-order valence-electron chi connectivity index (χ3n) is 4.83. The first kappa shape index (κ1) is 20.8. The van der Waals surface area contributed by atoms with Crippen LogP contribution in [0.2, 0.25) is 0 Å². The molecule has 0 aliphatic carbocycles. The summed E-state index contributed by atoms with van der Waals surface area (Å²) in [5.41, 5.74) is 1.07. The fraction of sp³-hybridized carbons (Fsp3) is 0.350. The van der Waals surface area contributed by atoms with Crippen LogP contribution >= 0.6 is 15.9 Å². The summed E-state index contributed by atoms with van der Waals surface area (Å²) in [6, 6.07) is 14.2. The Labute approximate surface area is 174 Å². The van der Waals surface area contributed by atoms with Crippen molar-refractivity contribution >= 4 is 31.9 Å². The van der Waals surface area contributed by atoms with Gasteiger partial charge in [0, 0.05) is 24.0 Å². The zero-order valence-electron chi connectivity index (χ0n) is 15.6. The van der Waals surface area contributed by atoms with Gasteiger partial charge in [-0.05, 0) is 54.8 Å². The second kappa shape index (κ2) is 9.07. The highest BCUT2D eigenvalue weighted by Gasteiger charge is 2.29. The Morgan fingerprint density at radius 3 is 2.50 bits per heavy atom. The van der Waals surface area contributed by atoms with Gasteiger partial charge < -0.3 is 9.64 Å². The topological polar surface area (TPSA) is 75.7 Å². The van der Waals surface area contributed by atoms with Gasteiger partial charge in [0.2, 0.25) is 15.9 Å². The number of carbonyl (C=O) groups is 1. The summed E-state index contributed by atoms with van der Waals surface area (Å²) in [5.74, 6) is 0.735. The molecule has 0 aromatic heterocycles. The summed E-state index contributed by atoms with van der Waals surface area (Å²) in [5, 5.41) is 0. The number of likely N-dealkylation sites (tertiary alicyclic amines) is 1. The number of rotatable bonds is 7. The molecular weight excluding hydrogens is 444 g/mol. The van der Waals surface area contributed by atoms with Crippen LogP contribution in [0.15, 0.2) is 57.9 Å². The van der Waals surface area contributed by atoms with Gasteiger partial charge in [-0.3, -0.25) is 4.79 Å². The molecule has 2 aromatic rings. The summed E-state index contributed by atoms with van der Waals surface area (Å²) >= 11 is 3.28. The van der Waals surface area contributed by atoms with Crippen LogP contribution in [0.1, 0.15) is 30.9 Å². The molecule has 1 aliphatic rings. The molecule has 3 rings (SSSR count). The minimum Gasteiger partial charge on any atom is -0.497 e. The zero-order chi connectivity index (χ0) is 20.1. The fourth-order valence-electron chi connectivity index (χ4n) is 3.37. The van der Waals surface area contributed by atoms with Gasteiger partial charge in [-0.1, -0.05) is 28.1 Å².